The predicted molar refractivity (Wildman–Crippen MR) is 128 cm³/mol. The molecule has 2 unspecified atom stereocenters. The molecular formula is C24H30FN3O4S. The monoisotopic (exact) mass is 475 g/mol. The number of nitrogens with one attached hydrogen (secondary N) is 3. The molecule has 2 atom stereocenters. The maximum absolute atomic E-state index is 14.6. The number of methoxy groups -OCH3 is 1. The molecule has 3 N–H and O–H groups in total. The first-order valence-corrected chi connectivity index (χ1v) is 13.4. The highest BCUT2D eigenvalue weighted by Gasteiger charge is 2.32. The molecule has 2 aromatic rings. The Labute approximate surface area is 194 Å². The Morgan fingerprint density at radius 3 is 2.42 bits per heavy atom. The molecule has 0 radical (unpaired) electrons. The molecule has 0 saturated carbocycles. The van der Waals surface area contributed by atoms with E-state index in [0.29, 0.717) is 22.8 Å². The van der Waals surface area contributed by atoms with Crippen LogP contribution in [0.1, 0.15) is 23.6 Å². The van der Waals surface area contributed by atoms with E-state index in [1.165, 1.54) is 6.07 Å². The molecule has 2 aromatic carbocycles. The van der Waals surface area contributed by atoms with Gasteiger partial charge in [0.25, 0.3) is 5.91 Å². The molecule has 1 aliphatic rings. The van der Waals surface area contributed by atoms with Crippen molar-refractivity contribution in [2.75, 3.05) is 37.7 Å². The maximum atomic E-state index is 14.6. The van der Waals surface area contributed by atoms with Crippen LogP contribution in [0.3, 0.4) is 0 Å². The van der Waals surface area contributed by atoms with Gasteiger partial charge < -0.3 is 20.7 Å². The number of ether oxygens (including phenoxy) is 1. The lowest BCUT2D eigenvalue weighted by atomic mass is 10.0. The maximum Gasteiger partial charge on any atom is 0.251 e. The van der Waals surface area contributed by atoms with Crippen molar-refractivity contribution in [1.29, 1.82) is 0 Å². The Bertz CT molecular complexity index is 1040. The van der Waals surface area contributed by atoms with E-state index < -0.39 is 33.8 Å². The van der Waals surface area contributed by atoms with Crippen LogP contribution in [-0.4, -0.2) is 50.1 Å². The van der Waals surface area contributed by atoms with Crippen LogP contribution in [0, 0.1) is 11.7 Å². The van der Waals surface area contributed by atoms with Crippen molar-refractivity contribution in [3.8, 4) is 0 Å². The molecule has 178 valence electrons. The highest BCUT2D eigenvalue weighted by Crippen LogP contribution is 2.46. The first-order chi connectivity index (χ1) is 15.6. The molecule has 0 aliphatic carbocycles. The minimum atomic E-state index is -1.27. The van der Waals surface area contributed by atoms with E-state index in [1.807, 2.05) is 30.9 Å². The Balaban J connectivity index is 1.83. The minimum Gasteiger partial charge on any atom is -0.380 e. The number of carbonyl (C=O) groups excluding carboxylic acids is 3. The van der Waals surface area contributed by atoms with Crippen LogP contribution in [0.25, 0.3) is 0 Å². The largest absolute Gasteiger partial charge is 0.380 e. The third-order valence-corrected chi connectivity index (χ3v) is 7.03. The van der Waals surface area contributed by atoms with Gasteiger partial charge in [-0.2, -0.15) is 0 Å². The molecular weight excluding hydrogens is 445 g/mol. The highest BCUT2D eigenvalue weighted by atomic mass is 32.3. The van der Waals surface area contributed by atoms with Gasteiger partial charge in [-0.1, -0.05) is 24.3 Å². The Morgan fingerprint density at radius 2 is 1.88 bits per heavy atom. The van der Waals surface area contributed by atoms with Gasteiger partial charge in [0, 0.05) is 30.7 Å². The molecule has 7 nitrogen and oxygen atoms in total. The van der Waals surface area contributed by atoms with Crippen LogP contribution in [0.5, 0.6) is 0 Å². The van der Waals surface area contributed by atoms with E-state index in [4.69, 9.17) is 4.74 Å². The van der Waals surface area contributed by atoms with Crippen molar-refractivity contribution in [3.63, 3.8) is 0 Å². The lowest BCUT2D eigenvalue weighted by Crippen LogP contribution is -2.40. The van der Waals surface area contributed by atoms with E-state index in [2.05, 4.69) is 16.0 Å². The molecule has 3 amide bonds. The number of amides is 3. The molecule has 0 spiro atoms. The molecule has 1 heterocycles. The summed E-state index contributed by atoms with van der Waals surface area (Å²) in [5, 5.41) is 8.09. The summed E-state index contributed by atoms with van der Waals surface area (Å²) < 4.78 is 19.8. The van der Waals surface area contributed by atoms with Crippen molar-refractivity contribution in [3.05, 3.63) is 59.4 Å². The number of carbonyl (C=O) groups is 3. The second-order valence-electron chi connectivity index (χ2n) is 8.79. The normalized spacial score (nSPS) is 17.2. The average Bonchev–Trinajstić information content (AvgIpc) is 3.18. The third kappa shape index (κ3) is 6.33. The predicted octanol–water partition coefficient (Wildman–Crippen LogP) is 2.96. The first kappa shape index (κ1) is 24.7. The first-order valence-electron chi connectivity index (χ1n) is 10.5. The summed E-state index contributed by atoms with van der Waals surface area (Å²) in [6.45, 7) is 0.647. The van der Waals surface area contributed by atoms with Crippen LogP contribution in [0.4, 0.5) is 10.1 Å². The standard InChI is InChI=1S/C24H30FN3O4S/c1-32-14-15-5-7-16(8-6-15)22(28-23(30)17-11-21(29)26-13-17)24(31)27-18-9-10-20(19(25)12-18)33(2,3)4/h5-10,12,17,22H,11,13-14H2,1-4H3,(H,26,29)(H,27,31)(H,28,30). The molecule has 33 heavy (non-hydrogen) atoms. The minimum absolute atomic E-state index is 0.0781. The van der Waals surface area contributed by atoms with Crippen molar-refractivity contribution < 1.29 is 23.5 Å². The van der Waals surface area contributed by atoms with Crippen molar-refractivity contribution in [1.82, 2.24) is 10.6 Å². The molecule has 1 saturated heterocycles. The van der Waals surface area contributed by atoms with Gasteiger partial charge in [-0.15, -0.1) is 0 Å². The zero-order valence-electron chi connectivity index (χ0n) is 19.2. The second-order valence-corrected chi connectivity index (χ2v) is 12.9. The quantitative estimate of drug-likeness (QED) is 0.547. The number of anilines is 1. The summed E-state index contributed by atoms with van der Waals surface area (Å²) >= 11 is 0. The molecule has 0 aromatic heterocycles. The second kappa shape index (κ2) is 10.4. The molecule has 1 aliphatic heterocycles. The SMILES string of the molecule is COCc1ccc(C(NC(=O)C2CNC(=O)C2)C(=O)Nc2ccc(S(C)(C)C)c(F)c2)cc1. The van der Waals surface area contributed by atoms with E-state index in [1.54, 1.807) is 31.4 Å². The number of rotatable bonds is 8. The smallest absolute Gasteiger partial charge is 0.251 e. The van der Waals surface area contributed by atoms with E-state index in [0.717, 1.165) is 5.56 Å². The summed E-state index contributed by atoms with van der Waals surface area (Å²) in [5.74, 6) is -2.03. The van der Waals surface area contributed by atoms with Gasteiger partial charge in [0.2, 0.25) is 11.8 Å². The van der Waals surface area contributed by atoms with Crippen molar-refractivity contribution in [2.24, 2.45) is 5.92 Å². The highest BCUT2D eigenvalue weighted by molar-refractivity contribution is 8.32. The van der Waals surface area contributed by atoms with E-state index in [9.17, 15) is 18.8 Å². The Morgan fingerprint density at radius 1 is 1.18 bits per heavy atom. The summed E-state index contributed by atoms with van der Waals surface area (Å²) in [6.07, 6.45) is 6.05. The molecule has 1 fully saturated rings. The average molecular weight is 476 g/mol. The fourth-order valence-electron chi connectivity index (χ4n) is 3.61. The number of halogens is 1. The molecule has 0 bridgehead atoms. The third-order valence-electron chi connectivity index (χ3n) is 5.38. The summed E-state index contributed by atoms with van der Waals surface area (Å²) in [4.78, 5) is 38.1. The summed E-state index contributed by atoms with van der Waals surface area (Å²) in [6, 6.07) is 10.7. The fourth-order valence-corrected chi connectivity index (χ4v) is 4.73. The van der Waals surface area contributed by atoms with Gasteiger partial charge >= 0.3 is 0 Å². The van der Waals surface area contributed by atoms with Crippen LogP contribution < -0.4 is 16.0 Å². The van der Waals surface area contributed by atoms with Crippen LogP contribution in [-0.2, 0) is 25.7 Å². The number of hydrogen-bond acceptors (Lipinski definition) is 4. The Hall–Kier alpha value is -2.91. The van der Waals surface area contributed by atoms with Gasteiger partial charge in [-0.25, -0.2) is 14.4 Å². The van der Waals surface area contributed by atoms with Gasteiger partial charge in [0.05, 0.1) is 12.5 Å². The van der Waals surface area contributed by atoms with Gasteiger partial charge in [0.15, 0.2) is 0 Å². The van der Waals surface area contributed by atoms with Gasteiger partial charge in [0.1, 0.15) is 11.9 Å². The zero-order chi connectivity index (χ0) is 24.2. The topological polar surface area (TPSA) is 96.5 Å². The van der Waals surface area contributed by atoms with E-state index in [-0.39, 0.29) is 24.7 Å². The number of benzene rings is 2. The summed E-state index contributed by atoms with van der Waals surface area (Å²) in [5.41, 5.74) is 1.78. The Kier molecular flexibility index (Phi) is 7.76. The van der Waals surface area contributed by atoms with Crippen LogP contribution >= 0.6 is 10.0 Å². The number of hydrogen-bond donors (Lipinski definition) is 3. The lowest BCUT2D eigenvalue weighted by Gasteiger charge is -2.26. The van der Waals surface area contributed by atoms with E-state index >= 15 is 0 Å². The van der Waals surface area contributed by atoms with Gasteiger partial charge in [-0.05, 0) is 48.1 Å². The zero-order valence-corrected chi connectivity index (χ0v) is 20.1. The van der Waals surface area contributed by atoms with Gasteiger partial charge in [-0.3, -0.25) is 14.4 Å². The lowest BCUT2D eigenvalue weighted by molar-refractivity contribution is -0.129. The van der Waals surface area contributed by atoms with Crippen LogP contribution in [0.2, 0.25) is 0 Å². The van der Waals surface area contributed by atoms with Crippen molar-refractivity contribution in [2.45, 2.75) is 24.0 Å². The van der Waals surface area contributed by atoms with Crippen molar-refractivity contribution >= 4 is 33.4 Å². The fraction of sp³-hybridized carbons (Fsp3) is 0.375. The molecule has 3 rings (SSSR count). The molecule has 9 heteroatoms. The summed E-state index contributed by atoms with van der Waals surface area (Å²) in [7, 11) is 0.325. The van der Waals surface area contributed by atoms with Crippen LogP contribution in [0.15, 0.2) is 47.4 Å².